The molecule has 240 valence electrons. The molecule has 51 heavy (non-hydrogen) atoms. The first-order valence-electron chi connectivity index (χ1n) is 17.5. The molecule has 0 aliphatic heterocycles. The van der Waals surface area contributed by atoms with Gasteiger partial charge in [-0.3, -0.25) is 0 Å². The third-order valence-electron chi connectivity index (χ3n) is 9.87. The third kappa shape index (κ3) is 5.75. The zero-order chi connectivity index (χ0) is 34.0. The van der Waals surface area contributed by atoms with Gasteiger partial charge in [-0.15, -0.1) is 0 Å². The highest BCUT2D eigenvalue weighted by Gasteiger charge is 2.19. The maximum absolute atomic E-state index is 2.35. The van der Waals surface area contributed by atoms with Gasteiger partial charge in [-0.25, -0.2) is 0 Å². The smallest absolute Gasteiger partial charge is 0.0462 e. The number of anilines is 3. The van der Waals surface area contributed by atoms with E-state index in [1.54, 1.807) is 0 Å². The normalized spacial score (nSPS) is 11.1. The predicted molar refractivity (Wildman–Crippen MR) is 218 cm³/mol. The molecule has 0 N–H and O–H groups in total. The molecule has 1 nitrogen and oxygen atoms in total. The van der Waals surface area contributed by atoms with Gasteiger partial charge in [-0.1, -0.05) is 176 Å². The van der Waals surface area contributed by atoms with E-state index in [0.29, 0.717) is 0 Å². The molecule has 9 aromatic rings. The van der Waals surface area contributed by atoms with E-state index >= 15 is 0 Å². The van der Waals surface area contributed by atoms with Gasteiger partial charge in [0.1, 0.15) is 0 Å². The molecule has 0 radical (unpaired) electrons. The van der Waals surface area contributed by atoms with Crippen LogP contribution < -0.4 is 4.90 Å². The fourth-order valence-corrected chi connectivity index (χ4v) is 7.44. The molecule has 0 atom stereocenters. The number of benzene rings is 9. The molecule has 0 heterocycles. The van der Waals surface area contributed by atoms with Crippen LogP contribution in [0, 0.1) is 0 Å². The largest absolute Gasteiger partial charge is 0.311 e. The highest BCUT2D eigenvalue weighted by Crippen LogP contribution is 2.45. The topological polar surface area (TPSA) is 3.24 Å². The van der Waals surface area contributed by atoms with Gasteiger partial charge >= 0.3 is 0 Å². The summed E-state index contributed by atoms with van der Waals surface area (Å²) in [4.78, 5) is 2.35. The zero-order valence-electron chi connectivity index (χ0n) is 28.2. The van der Waals surface area contributed by atoms with Gasteiger partial charge in [0.15, 0.2) is 0 Å². The second-order valence-corrected chi connectivity index (χ2v) is 12.9. The monoisotopic (exact) mass is 649 g/mol. The van der Waals surface area contributed by atoms with Crippen LogP contribution in [0.2, 0.25) is 0 Å². The Labute approximate surface area is 299 Å². The van der Waals surface area contributed by atoms with E-state index < -0.39 is 0 Å². The van der Waals surface area contributed by atoms with Crippen molar-refractivity contribution in [3.8, 4) is 44.5 Å². The van der Waals surface area contributed by atoms with E-state index in [9.17, 15) is 0 Å². The van der Waals surface area contributed by atoms with Crippen molar-refractivity contribution in [1.82, 2.24) is 0 Å². The Bertz CT molecular complexity index is 2490. The van der Waals surface area contributed by atoms with Crippen molar-refractivity contribution in [2.24, 2.45) is 0 Å². The lowest BCUT2D eigenvalue weighted by Crippen LogP contribution is -2.09. The van der Waals surface area contributed by atoms with Gasteiger partial charge < -0.3 is 4.90 Å². The molecule has 0 aliphatic rings. The van der Waals surface area contributed by atoms with Crippen LogP contribution in [0.3, 0.4) is 0 Å². The minimum Gasteiger partial charge on any atom is -0.311 e. The van der Waals surface area contributed by atoms with E-state index in [1.165, 1.54) is 66.1 Å². The Balaban J connectivity index is 1.19. The molecule has 1 heteroatoms. The standard InChI is InChI=1S/C50H35N/c1-4-14-36(15-5-1)38-24-30-42(31-25-38)51(43-32-26-39(27-33-43)37-16-6-2-7-17-37)44-34-28-41(29-35-44)50-48-23-13-11-21-46(48)45-20-10-12-22-47(45)49(50)40-18-8-3-9-19-40/h1-35H. The first-order valence-corrected chi connectivity index (χ1v) is 17.5. The first kappa shape index (κ1) is 30.4. The van der Waals surface area contributed by atoms with Crippen LogP contribution in [0.4, 0.5) is 17.1 Å². The summed E-state index contributed by atoms with van der Waals surface area (Å²) < 4.78 is 0. The maximum atomic E-state index is 2.35. The van der Waals surface area contributed by atoms with Gasteiger partial charge in [0.05, 0.1) is 0 Å². The molecule has 0 saturated carbocycles. The quantitative estimate of drug-likeness (QED) is 0.155. The molecule has 0 fully saturated rings. The van der Waals surface area contributed by atoms with Gasteiger partial charge in [-0.05, 0) is 102 Å². The summed E-state index contributed by atoms with van der Waals surface area (Å²) in [5.74, 6) is 0. The second-order valence-electron chi connectivity index (χ2n) is 12.9. The lowest BCUT2D eigenvalue weighted by Gasteiger charge is -2.26. The minimum atomic E-state index is 1.10. The lowest BCUT2D eigenvalue weighted by atomic mass is 9.85. The van der Waals surface area contributed by atoms with E-state index in [0.717, 1.165) is 17.1 Å². The fourth-order valence-electron chi connectivity index (χ4n) is 7.44. The van der Waals surface area contributed by atoms with E-state index in [4.69, 9.17) is 0 Å². The fraction of sp³-hybridized carbons (Fsp3) is 0. The molecule has 0 aromatic heterocycles. The zero-order valence-corrected chi connectivity index (χ0v) is 28.2. The molecular formula is C50H35N. The average molecular weight is 650 g/mol. The van der Waals surface area contributed by atoms with Crippen LogP contribution in [0.25, 0.3) is 66.1 Å². The van der Waals surface area contributed by atoms with Crippen molar-refractivity contribution in [2.45, 2.75) is 0 Å². The molecule has 9 aromatic carbocycles. The van der Waals surface area contributed by atoms with E-state index in [-0.39, 0.29) is 0 Å². The summed E-state index contributed by atoms with van der Waals surface area (Å²) in [5.41, 5.74) is 13.1. The Hall–Kier alpha value is -6.70. The second kappa shape index (κ2) is 13.3. The number of hydrogen-bond donors (Lipinski definition) is 0. The Morgan fingerprint density at radius 1 is 0.196 bits per heavy atom. The van der Waals surface area contributed by atoms with Crippen molar-refractivity contribution in [1.29, 1.82) is 0 Å². The highest BCUT2D eigenvalue weighted by molar-refractivity contribution is 6.21. The van der Waals surface area contributed by atoms with Crippen molar-refractivity contribution >= 4 is 38.6 Å². The van der Waals surface area contributed by atoms with Gasteiger partial charge in [0, 0.05) is 17.1 Å². The Morgan fingerprint density at radius 3 is 0.824 bits per heavy atom. The Morgan fingerprint density at radius 2 is 0.451 bits per heavy atom. The summed E-state index contributed by atoms with van der Waals surface area (Å²) >= 11 is 0. The number of fused-ring (bicyclic) bond motifs is 3. The van der Waals surface area contributed by atoms with Crippen LogP contribution in [-0.2, 0) is 0 Å². The molecule has 0 unspecified atom stereocenters. The van der Waals surface area contributed by atoms with Crippen molar-refractivity contribution in [2.75, 3.05) is 4.90 Å². The minimum absolute atomic E-state index is 1.10. The van der Waals surface area contributed by atoms with Crippen LogP contribution in [0.5, 0.6) is 0 Å². The van der Waals surface area contributed by atoms with Crippen LogP contribution in [0.1, 0.15) is 0 Å². The lowest BCUT2D eigenvalue weighted by molar-refractivity contribution is 1.28. The number of nitrogens with zero attached hydrogens (tertiary/aromatic N) is 1. The summed E-state index contributed by atoms with van der Waals surface area (Å²) in [7, 11) is 0. The van der Waals surface area contributed by atoms with Crippen molar-refractivity contribution in [3.63, 3.8) is 0 Å². The molecule has 0 aliphatic carbocycles. The molecular weight excluding hydrogens is 615 g/mol. The summed E-state index contributed by atoms with van der Waals surface area (Å²) in [5, 5.41) is 5.06. The molecule has 0 bridgehead atoms. The average Bonchev–Trinajstić information content (AvgIpc) is 3.22. The first-order chi connectivity index (χ1) is 25.3. The van der Waals surface area contributed by atoms with Gasteiger partial charge in [0.2, 0.25) is 0 Å². The van der Waals surface area contributed by atoms with Crippen molar-refractivity contribution in [3.05, 3.63) is 212 Å². The maximum Gasteiger partial charge on any atom is 0.0462 e. The predicted octanol–water partition coefficient (Wildman–Crippen LogP) is 14.1. The van der Waals surface area contributed by atoms with Crippen LogP contribution >= 0.6 is 0 Å². The molecule has 0 saturated heterocycles. The van der Waals surface area contributed by atoms with Gasteiger partial charge in [-0.2, -0.15) is 0 Å². The Kier molecular flexibility index (Phi) is 7.92. The van der Waals surface area contributed by atoms with E-state index in [2.05, 4.69) is 217 Å². The van der Waals surface area contributed by atoms with E-state index in [1.807, 2.05) is 0 Å². The number of hydrogen-bond acceptors (Lipinski definition) is 1. The molecule has 9 rings (SSSR count). The summed E-state index contributed by atoms with van der Waals surface area (Å²) in [6.07, 6.45) is 0. The summed E-state index contributed by atoms with van der Waals surface area (Å²) in [6.45, 7) is 0. The SMILES string of the molecule is c1ccc(-c2ccc(N(c3ccc(-c4ccccc4)cc3)c3ccc(-c4c(-c5ccccc5)c5ccccc5c5ccccc45)cc3)cc2)cc1. The van der Waals surface area contributed by atoms with Gasteiger partial charge in [0.25, 0.3) is 0 Å². The molecule has 0 amide bonds. The number of rotatable bonds is 7. The van der Waals surface area contributed by atoms with Crippen LogP contribution in [0.15, 0.2) is 212 Å². The molecule has 0 spiro atoms. The third-order valence-corrected chi connectivity index (χ3v) is 9.87. The summed E-state index contributed by atoms with van der Waals surface area (Å²) in [6, 6.07) is 76.5. The highest BCUT2D eigenvalue weighted by atomic mass is 15.1. The van der Waals surface area contributed by atoms with Crippen molar-refractivity contribution < 1.29 is 0 Å². The van der Waals surface area contributed by atoms with Crippen LogP contribution in [-0.4, -0.2) is 0 Å².